The molecule has 0 bridgehead atoms. The van der Waals surface area contributed by atoms with E-state index >= 15 is 0 Å². The van der Waals surface area contributed by atoms with Crippen LogP contribution in [0.2, 0.25) is 0 Å². The number of benzene rings is 2. The zero-order valence-electron chi connectivity index (χ0n) is 12.5. The molecule has 0 unspecified atom stereocenters. The second-order valence-electron chi connectivity index (χ2n) is 5.08. The first-order valence-corrected chi connectivity index (χ1v) is 8.08. The summed E-state index contributed by atoms with van der Waals surface area (Å²) in [4.78, 5) is 18.0. The molecule has 4 nitrogen and oxygen atoms in total. The average Bonchev–Trinajstić information content (AvgIpc) is 2.97. The van der Waals surface area contributed by atoms with Crippen molar-refractivity contribution in [3.63, 3.8) is 0 Å². The Morgan fingerprint density at radius 2 is 1.96 bits per heavy atom. The second kappa shape index (κ2) is 6.83. The van der Waals surface area contributed by atoms with Crippen LogP contribution in [0.1, 0.15) is 5.56 Å². The lowest BCUT2D eigenvalue weighted by Crippen LogP contribution is -2.28. The van der Waals surface area contributed by atoms with Crippen LogP contribution in [0.3, 0.4) is 0 Å². The molecule has 3 aromatic rings. The standard InChI is InChI=1S/C17H15FN2O2S/c1-20(10-12-6-2-3-7-13(12)18)16(21)11-23-17-19-14-8-4-5-9-15(14)22-17/h2-9H,10-11H2,1H3. The van der Waals surface area contributed by atoms with Crippen molar-refractivity contribution < 1.29 is 13.6 Å². The molecular weight excluding hydrogens is 315 g/mol. The van der Waals surface area contributed by atoms with Gasteiger partial charge < -0.3 is 9.32 Å². The lowest BCUT2D eigenvalue weighted by atomic mass is 10.2. The fourth-order valence-corrected chi connectivity index (χ4v) is 2.90. The van der Waals surface area contributed by atoms with E-state index in [1.165, 1.54) is 22.7 Å². The van der Waals surface area contributed by atoms with Crippen molar-refractivity contribution in [2.24, 2.45) is 0 Å². The molecule has 3 rings (SSSR count). The van der Waals surface area contributed by atoms with Crippen molar-refractivity contribution in [3.05, 3.63) is 59.9 Å². The predicted octanol–water partition coefficient (Wildman–Crippen LogP) is 3.72. The predicted molar refractivity (Wildman–Crippen MR) is 87.6 cm³/mol. The number of carbonyl (C=O) groups excluding carboxylic acids is 1. The van der Waals surface area contributed by atoms with Gasteiger partial charge in [0.2, 0.25) is 5.91 Å². The topological polar surface area (TPSA) is 46.3 Å². The first kappa shape index (κ1) is 15.6. The molecule has 1 amide bonds. The Hall–Kier alpha value is -2.34. The number of oxazole rings is 1. The summed E-state index contributed by atoms with van der Waals surface area (Å²) in [5, 5.41) is 0.457. The molecule has 0 atom stereocenters. The number of nitrogens with zero attached hydrogens (tertiary/aromatic N) is 2. The van der Waals surface area contributed by atoms with Crippen LogP contribution < -0.4 is 0 Å². The molecule has 2 aromatic carbocycles. The summed E-state index contributed by atoms with van der Waals surface area (Å²) in [5.74, 6) is -0.225. The lowest BCUT2D eigenvalue weighted by molar-refractivity contribution is -0.127. The highest BCUT2D eigenvalue weighted by molar-refractivity contribution is 7.99. The number of halogens is 1. The van der Waals surface area contributed by atoms with E-state index in [1.54, 1.807) is 25.2 Å². The number of aromatic nitrogens is 1. The Morgan fingerprint density at radius 1 is 1.22 bits per heavy atom. The maximum Gasteiger partial charge on any atom is 0.257 e. The number of hydrogen-bond donors (Lipinski definition) is 0. The van der Waals surface area contributed by atoms with Gasteiger partial charge in [-0.1, -0.05) is 42.1 Å². The molecular formula is C17H15FN2O2S. The number of amides is 1. The largest absolute Gasteiger partial charge is 0.431 e. The van der Waals surface area contributed by atoms with Gasteiger partial charge in [-0.05, 0) is 18.2 Å². The molecule has 0 aliphatic rings. The number of hydrogen-bond acceptors (Lipinski definition) is 4. The molecule has 1 heterocycles. The Balaban J connectivity index is 1.59. The SMILES string of the molecule is CN(Cc1ccccc1F)C(=O)CSc1nc2ccccc2o1. The van der Waals surface area contributed by atoms with E-state index in [0.717, 1.165) is 5.52 Å². The highest BCUT2D eigenvalue weighted by Gasteiger charge is 2.14. The van der Waals surface area contributed by atoms with E-state index in [0.29, 0.717) is 16.4 Å². The van der Waals surface area contributed by atoms with Crippen LogP contribution in [-0.2, 0) is 11.3 Å². The molecule has 118 valence electrons. The number of thioether (sulfide) groups is 1. The molecule has 0 aliphatic heterocycles. The molecule has 0 radical (unpaired) electrons. The molecule has 23 heavy (non-hydrogen) atoms. The third-order valence-electron chi connectivity index (χ3n) is 3.38. The van der Waals surface area contributed by atoms with E-state index in [9.17, 15) is 9.18 Å². The van der Waals surface area contributed by atoms with Crippen molar-refractivity contribution in [2.75, 3.05) is 12.8 Å². The summed E-state index contributed by atoms with van der Waals surface area (Å²) in [5.41, 5.74) is 1.96. The fourth-order valence-electron chi connectivity index (χ4n) is 2.12. The Morgan fingerprint density at radius 3 is 2.74 bits per heavy atom. The Labute approximate surface area is 137 Å². The van der Waals surface area contributed by atoms with Gasteiger partial charge in [0.15, 0.2) is 5.58 Å². The van der Waals surface area contributed by atoms with Gasteiger partial charge in [-0.3, -0.25) is 4.79 Å². The summed E-state index contributed by atoms with van der Waals surface area (Å²) in [6, 6.07) is 13.9. The lowest BCUT2D eigenvalue weighted by Gasteiger charge is -2.17. The normalized spacial score (nSPS) is 10.9. The quantitative estimate of drug-likeness (QED) is 0.669. The highest BCUT2D eigenvalue weighted by Crippen LogP contribution is 2.23. The van der Waals surface area contributed by atoms with Gasteiger partial charge >= 0.3 is 0 Å². The van der Waals surface area contributed by atoms with Crippen LogP contribution in [0.4, 0.5) is 4.39 Å². The van der Waals surface area contributed by atoms with Crippen molar-refractivity contribution in [1.82, 2.24) is 9.88 Å². The third kappa shape index (κ3) is 3.71. The van der Waals surface area contributed by atoms with Crippen LogP contribution in [0.25, 0.3) is 11.1 Å². The first-order valence-electron chi connectivity index (χ1n) is 7.09. The maximum absolute atomic E-state index is 13.6. The maximum atomic E-state index is 13.6. The summed E-state index contributed by atoms with van der Waals surface area (Å²) < 4.78 is 19.2. The van der Waals surface area contributed by atoms with Crippen molar-refractivity contribution in [1.29, 1.82) is 0 Å². The molecule has 0 saturated carbocycles. The zero-order valence-corrected chi connectivity index (χ0v) is 13.3. The molecule has 0 fully saturated rings. The molecule has 0 spiro atoms. The van der Waals surface area contributed by atoms with Gasteiger partial charge in [0.05, 0.1) is 5.75 Å². The average molecular weight is 330 g/mol. The van der Waals surface area contributed by atoms with Gasteiger partial charge in [0.1, 0.15) is 11.3 Å². The summed E-state index contributed by atoms with van der Waals surface area (Å²) in [7, 11) is 1.65. The number of para-hydroxylation sites is 2. The van der Waals surface area contributed by atoms with Crippen LogP contribution in [-0.4, -0.2) is 28.6 Å². The first-order chi connectivity index (χ1) is 11.1. The number of carbonyl (C=O) groups is 1. The molecule has 6 heteroatoms. The van der Waals surface area contributed by atoms with Gasteiger partial charge in [-0.2, -0.15) is 0 Å². The zero-order chi connectivity index (χ0) is 16.2. The minimum absolute atomic E-state index is 0.111. The van der Waals surface area contributed by atoms with E-state index in [-0.39, 0.29) is 24.0 Å². The second-order valence-corrected chi connectivity index (χ2v) is 6.00. The Bertz CT molecular complexity index is 801. The van der Waals surface area contributed by atoms with E-state index in [4.69, 9.17) is 4.42 Å². The number of rotatable bonds is 5. The minimum Gasteiger partial charge on any atom is -0.431 e. The highest BCUT2D eigenvalue weighted by atomic mass is 32.2. The van der Waals surface area contributed by atoms with Gasteiger partial charge in [0, 0.05) is 19.2 Å². The monoisotopic (exact) mass is 330 g/mol. The van der Waals surface area contributed by atoms with Crippen LogP contribution in [0.15, 0.2) is 58.2 Å². The van der Waals surface area contributed by atoms with Crippen LogP contribution in [0.5, 0.6) is 0 Å². The molecule has 0 aliphatic carbocycles. The fraction of sp³-hybridized carbons (Fsp3) is 0.176. The van der Waals surface area contributed by atoms with Crippen molar-refractivity contribution >= 4 is 28.8 Å². The summed E-state index contributed by atoms with van der Waals surface area (Å²) >= 11 is 1.23. The van der Waals surface area contributed by atoms with Crippen molar-refractivity contribution in [3.8, 4) is 0 Å². The van der Waals surface area contributed by atoms with E-state index in [2.05, 4.69) is 4.98 Å². The van der Waals surface area contributed by atoms with Gasteiger partial charge in [-0.25, -0.2) is 9.37 Å². The summed E-state index contributed by atoms with van der Waals surface area (Å²) in [6.07, 6.45) is 0. The Kier molecular flexibility index (Phi) is 4.62. The van der Waals surface area contributed by atoms with Crippen molar-refractivity contribution in [2.45, 2.75) is 11.8 Å². The minimum atomic E-state index is -0.307. The van der Waals surface area contributed by atoms with E-state index < -0.39 is 0 Å². The smallest absolute Gasteiger partial charge is 0.257 e. The number of fused-ring (bicyclic) bond motifs is 1. The van der Waals surface area contributed by atoms with Crippen LogP contribution in [0, 0.1) is 5.82 Å². The summed E-state index contributed by atoms with van der Waals surface area (Å²) in [6.45, 7) is 0.236. The molecule has 0 saturated heterocycles. The molecule has 0 N–H and O–H groups in total. The van der Waals surface area contributed by atoms with E-state index in [1.807, 2.05) is 24.3 Å². The van der Waals surface area contributed by atoms with Gasteiger partial charge in [-0.15, -0.1) is 0 Å². The van der Waals surface area contributed by atoms with Crippen LogP contribution >= 0.6 is 11.8 Å². The molecule has 1 aromatic heterocycles. The third-order valence-corrected chi connectivity index (χ3v) is 4.20. The van der Waals surface area contributed by atoms with Gasteiger partial charge in [0.25, 0.3) is 5.22 Å².